The zero-order valence-corrected chi connectivity index (χ0v) is 19.1. The Morgan fingerprint density at radius 2 is 2.18 bits per heavy atom. The number of aromatic nitrogens is 2. The number of hydrogen-bond acceptors (Lipinski definition) is 6. The lowest BCUT2D eigenvalue weighted by Gasteiger charge is -2.31. The normalized spacial score (nSPS) is 17.3. The van der Waals surface area contributed by atoms with E-state index in [0.29, 0.717) is 36.6 Å². The molecule has 1 unspecified atom stereocenters. The summed E-state index contributed by atoms with van der Waals surface area (Å²) in [7, 11) is 1.57. The van der Waals surface area contributed by atoms with Crippen molar-refractivity contribution in [3.05, 3.63) is 75.4 Å². The van der Waals surface area contributed by atoms with Crippen LogP contribution in [0.3, 0.4) is 0 Å². The minimum atomic E-state index is -1.09. The van der Waals surface area contributed by atoms with Crippen LogP contribution in [0.2, 0.25) is 0 Å². The van der Waals surface area contributed by atoms with Gasteiger partial charge < -0.3 is 24.3 Å². The topological polar surface area (TPSA) is 68.6 Å². The second-order valence-electron chi connectivity index (χ2n) is 8.67. The Kier molecular flexibility index (Phi) is 5.95. The molecule has 2 aliphatic heterocycles. The van der Waals surface area contributed by atoms with Crippen LogP contribution in [0.15, 0.2) is 47.2 Å². The molecule has 9 heteroatoms. The van der Waals surface area contributed by atoms with Gasteiger partial charge in [-0.3, -0.25) is 4.79 Å². The van der Waals surface area contributed by atoms with Crippen molar-refractivity contribution in [3.8, 4) is 11.6 Å². The SMILES string of the molecule is COc1cc(CN(Cc2cn3c4c(c(F)c(F)cc4c2=O)OCC3C)C2=CCCNC2)ccn1. The summed E-state index contributed by atoms with van der Waals surface area (Å²) in [5.41, 5.74) is 2.53. The van der Waals surface area contributed by atoms with Crippen molar-refractivity contribution in [2.45, 2.75) is 32.5 Å². The number of benzene rings is 1. The standard InChI is InChI=1S/C25H26F2N4O3/c1-15-14-34-25-22(27)20(26)9-19-23(25)31(15)13-17(24(19)32)12-30(18-4-3-6-28-10-18)11-16-5-7-29-21(8-16)33-2/h4-5,7-9,13,15,28H,3,6,10-12,14H2,1-2H3. The van der Waals surface area contributed by atoms with E-state index in [0.717, 1.165) is 30.3 Å². The van der Waals surface area contributed by atoms with Crippen molar-refractivity contribution in [1.29, 1.82) is 0 Å². The van der Waals surface area contributed by atoms with Crippen LogP contribution in [0.1, 0.15) is 30.5 Å². The Labute approximate surface area is 195 Å². The van der Waals surface area contributed by atoms with Crippen LogP contribution in [0.5, 0.6) is 11.6 Å². The highest BCUT2D eigenvalue weighted by Gasteiger charge is 2.27. The summed E-state index contributed by atoms with van der Waals surface area (Å²) in [6.07, 6.45) is 6.50. The fourth-order valence-corrected chi connectivity index (χ4v) is 4.58. The lowest BCUT2D eigenvalue weighted by Crippen LogP contribution is -2.34. The third-order valence-corrected chi connectivity index (χ3v) is 6.34. The molecule has 34 heavy (non-hydrogen) atoms. The van der Waals surface area contributed by atoms with E-state index in [1.807, 2.05) is 23.6 Å². The molecule has 7 nitrogen and oxygen atoms in total. The number of ether oxygens (including phenoxy) is 2. The van der Waals surface area contributed by atoms with Crippen LogP contribution in [-0.4, -0.2) is 41.3 Å². The van der Waals surface area contributed by atoms with Crippen molar-refractivity contribution >= 4 is 10.9 Å². The van der Waals surface area contributed by atoms with E-state index in [1.165, 1.54) is 0 Å². The Morgan fingerprint density at radius 1 is 1.32 bits per heavy atom. The first-order valence-corrected chi connectivity index (χ1v) is 11.3. The van der Waals surface area contributed by atoms with Crippen molar-refractivity contribution in [2.75, 3.05) is 26.8 Å². The van der Waals surface area contributed by atoms with E-state index in [-0.39, 0.29) is 29.2 Å². The number of halogens is 2. The Bertz CT molecular complexity index is 1340. The molecular formula is C25H26F2N4O3. The van der Waals surface area contributed by atoms with Gasteiger partial charge >= 0.3 is 0 Å². The fourth-order valence-electron chi connectivity index (χ4n) is 4.58. The molecule has 1 atom stereocenters. The molecule has 0 fully saturated rings. The molecule has 0 aliphatic carbocycles. The Hall–Kier alpha value is -3.46. The molecular weight excluding hydrogens is 442 g/mol. The molecule has 178 valence electrons. The van der Waals surface area contributed by atoms with Crippen LogP contribution < -0.4 is 20.2 Å². The quantitative estimate of drug-likeness (QED) is 0.597. The number of nitrogens with one attached hydrogen (secondary N) is 1. The maximum atomic E-state index is 14.4. The molecule has 1 aromatic carbocycles. The summed E-state index contributed by atoms with van der Waals surface area (Å²) >= 11 is 0. The van der Waals surface area contributed by atoms with Crippen molar-refractivity contribution in [1.82, 2.24) is 19.8 Å². The second-order valence-corrected chi connectivity index (χ2v) is 8.67. The molecule has 3 aromatic rings. The summed E-state index contributed by atoms with van der Waals surface area (Å²) in [5, 5.41) is 3.50. The molecule has 0 bridgehead atoms. The van der Waals surface area contributed by atoms with Gasteiger partial charge in [0.1, 0.15) is 6.61 Å². The molecule has 0 saturated heterocycles. The first-order valence-electron chi connectivity index (χ1n) is 11.3. The van der Waals surface area contributed by atoms with Gasteiger partial charge in [-0.25, -0.2) is 9.37 Å². The van der Waals surface area contributed by atoms with Gasteiger partial charge in [0.25, 0.3) is 0 Å². The maximum absolute atomic E-state index is 14.4. The zero-order valence-electron chi connectivity index (χ0n) is 19.1. The maximum Gasteiger partial charge on any atom is 0.213 e. The number of hydrogen-bond donors (Lipinski definition) is 1. The van der Waals surface area contributed by atoms with Gasteiger partial charge in [0.15, 0.2) is 17.0 Å². The van der Waals surface area contributed by atoms with Crippen LogP contribution in [0.25, 0.3) is 10.9 Å². The van der Waals surface area contributed by atoms with Crippen molar-refractivity contribution < 1.29 is 18.3 Å². The molecule has 4 heterocycles. The predicted octanol–water partition coefficient (Wildman–Crippen LogP) is 3.52. The molecule has 0 amide bonds. The van der Waals surface area contributed by atoms with Gasteiger partial charge in [-0.2, -0.15) is 4.39 Å². The van der Waals surface area contributed by atoms with Crippen molar-refractivity contribution in [3.63, 3.8) is 0 Å². The summed E-state index contributed by atoms with van der Waals surface area (Å²) in [6.45, 7) is 4.54. The van der Waals surface area contributed by atoms with Gasteiger partial charge in [-0.1, -0.05) is 6.08 Å². The average molecular weight is 469 g/mol. The molecule has 2 aromatic heterocycles. The van der Waals surface area contributed by atoms with E-state index in [1.54, 1.807) is 19.5 Å². The highest BCUT2D eigenvalue weighted by molar-refractivity contribution is 5.86. The molecule has 0 saturated carbocycles. The summed E-state index contributed by atoms with van der Waals surface area (Å²) in [6, 6.07) is 4.63. The van der Waals surface area contributed by atoms with Crippen LogP contribution in [0.4, 0.5) is 8.78 Å². The summed E-state index contributed by atoms with van der Waals surface area (Å²) in [5.74, 6) is -1.83. The third kappa shape index (κ3) is 4.00. The van der Waals surface area contributed by atoms with Gasteiger partial charge in [-0.05, 0) is 37.6 Å². The fraction of sp³-hybridized carbons (Fsp3) is 0.360. The first-order chi connectivity index (χ1) is 16.5. The minimum Gasteiger partial charge on any atom is -0.486 e. The van der Waals surface area contributed by atoms with Gasteiger partial charge in [0.2, 0.25) is 11.7 Å². The van der Waals surface area contributed by atoms with Gasteiger partial charge in [-0.15, -0.1) is 0 Å². The van der Waals surface area contributed by atoms with Crippen LogP contribution in [0, 0.1) is 11.6 Å². The molecule has 5 rings (SSSR count). The average Bonchev–Trinajstić information content (AvgIpc) is 2.86. The highest BCUT2D eigenvalue weighted by atomic mass is 19.2. The van der Waals surface area contributed by atoms with E-state index in [4.69, 9.17) is 9.47 Å². The minimum absolute atomic E-state index is 0.124. The number of methoxy groups -OCH3 is 1. The zero-order chi connectivity index (χ0) is 23.8. The smallest absolute Gasteiger partial charge is 0.213 e. The van der Waals surface area contributed by atoms with E-state index >= 15 is 0 Å². The Morgan fingerprint density at radius 3 is 2.94 bits per heavy atom. The van der Waals surface area contributed by atoms with Gasteiger partial charge in [0, 0.05) is 49.4 Å². The predicted molar refractivity (Wildman–Crippen MR) is 124 cm³/mol. The second kappa shape index (κ2) is 9.06. The monoisotopic (exact) mass is 468 g/mol. The molecule has 0 radical (unpaired) electrons. The first kappa shape index (κ1) is 22.3. The summed E-state index contributed by atoms with van der Waals surface area (Å²) in [4.78, 5) is 19.8. The lowest BCUT2D eigenvalue weighted by atomic mass is 10.1. The molecule has 2 aliphatic rings. The molecule has 0 spiro atoms. The van der Waals surface area contributed by atoms with E-state index in [2.05, 4.69) is 21.3 Å². The molecule has 1 N–H and O–H groups in total. The number of pyridine rings is 2. The lowest BCUT2D eigenvalue weighted by molar-refractivity contribution is 0.232. The Balaban J connectivity index is 1.59. The third-order valence-electron chi connectivity index (χ3n) is 6.34. The number of rotatable bonds is 6. The van der Waals surface area contributed by atoms with Crippen LogP contribution in [-0.2, 0) is 13.1 Å². The largest absolute Gasteiger partial charge is 0.486 e. The van der Waals surface area contributed by atoms with Gasteiger partial charge in [0.05, 0.1) is 24.1 Å². The van der Waals surface area contributed by atoms with E-state index in [9.17, 15) is 13.6 Å². The van der Waals surface area contributed by atoms with Crippen molar-refractivity contribution in [2.24, 2.45) is 0 Å². The number of nitrogens with zero attached hydrogens (tertiary/aromatic N) is 3. The van der Waals surface area contributed by atoms with Crippen LogP contribution >= 0.6 is 0 Å². The van der Waals surface area contributed by atoms with E-state index < -0.39 is 11.6 Å². The highest BCUT2D eigenvalue weighted by Crippen LogP contribution is 2.35. The summed E-state index contributed by atoms with van der Waals surface area (Å²) < 4.78 is 41.3.